The van der Waals surface area contributed by atoms with Gasteiger partial charge in [0.1, 0.15) is 6.54 Å². The van der Waals surface area contributed by atoms with E-state index in [9.17, 15) is 14.4 Å². The average Bonchev–Trinajstić information content (AvgIpc) is 3.49. The van der Waals surface area contributed by atoms with E-state index in [0.717, 1.165) is 16.6 Å². The lowest BCUT2D eigenvalue weighted by Gasteiger charge is -2.14. The number of hydrogen-bond donors (Lipinski definition) is 1. The maximum Gasteiger partial charge on any atom is 0.331 e. The van der Waals surface area contributed by atoms with Gasteiger partial charge < -0.3 is 19.3 Å². The predicted molar refractivity (Wildman–Crippen MR) is 126 cm³/mol. The number of amides is 1. The number of aromatic nitrogens is 4. The van der Waals surface area contributed by atoms with Crippen LogP contribution in [0.2, 0.25) is 0 Å². The molecule has 0 spiro atoms. The number of ether oxygens (including phenoxy) is 2. The first-order chi connectivity index (χ1) is 16.9. The fraction of sp³-hybridized carbons (Fsp3) is 0.292. The maximum atomic E-state index is 13.4. The lowest BCUT2D eigenvalue weighted by Crippen LogP contribution is -2.42. The lowest BCUT2D eigenvalue weighted by molar-refractivity contribution is -0.116. The molecule has 5 rings (SSSR count). The molecule has 0 saturated carbocycles. The molecule has 0 saturated heterocycles. The van der Waals surface area contributed by atoms with Gasteiger partial charge in [0, 0.05) is 24.7 Å². The number of nitrogens with zero attached hydrogens (tertiary/aromatic N) is 4. The molecule has 0 aliphatic carbocycles. The minimum absolute atomic E-state index is 0.00375. The van der Waals surface area contributed by atoms with Crippen molar-refractivity contribution >= 4 is 22.5 Å². The van der Waals surface area contributed by atoms with E-state index in [4.69, 9.17) is 14.0 Å². The summed E-state index contributed by atoms with van der Waals surface area (Å²) in [6.45, 7) is 3.44. The molecule has 0 radical (unpaired) electrons. The molecule has 1 aliphatic heterocycles. The van der Waals surface area contributed by atoms with Crippen LogP contribution in [0.1, 0.15) is 24.2 Å². The van der Waals surface area contributed by atoms with Crippen LogP contribution >= 0.6 is 0 Å². The molecule has 2 aromatic heterocycles. The van der Waals surface area contributed by atoms with E-state index >= 15 is 0 Å². The monoisotopic (exact) mass is 477 g/mol. The van der Waals surface area contributed by atoms with Crippen LogP contribution in [0.25, 0.3) is 10.9 Å². The van der Waals surface area contributed by atoms with E-state index in [0.29, 0.717) is 28.9 Å². The van der Waals surface area contributed by atoms with Gasteiger partial charge in [-0.25, -0.2) is 4.79 Å². The maximum absolute atomic E-state index is 13.4. The molecule has 1 amide bonds. The molecule has 1 aliphatic rings. The number of anilines is 1. The SMILES string of the molecule is CCc1ccc(NC(=O)Cn2c(=O)n(CCc3nc(C)no3)c(=O)c3cc4c(cc32)OCO4)cc1. The van der Waals surface area contributed by atoms with Crippen LogP contribution in [-0.2, 0) is 30.7 Å². The van der Waals surface area contributed by atoms with Crippen molar-refractivity contribution in [2.75, 3.05) is 12.1 Å². The summed E-state index contributed by atoms with van der Waals surface area (Å²) in [4.78, 5) is 43.7. The Morgan fingerprint density at radius 3 is 2.51 bits per heavy atom. The minimum atomic E-state index is -0.630. The van der Waals surface area contributed by atoms with Crippen molar-refractivity contribution in [2.24, 2.45) is 0 Å². The first-order valence-electron chi connectivity index (χ1n) is 11.2. The van der Waals surface area contributed by atoms with Gasteiger partial charge in [0.2, 0.25) is 18.6 Å². The number of hydrogen-bond acceptors (Lipinski definition) is 8. The van der Waals surface area contributed by atoms with Crippen molar-refractivity contribution in [1.82, 2.24) is 19.3 Å². The third-order valence-electron chi connectivity index (χ3n) is 5.79. The van der Waals surface area contributed by atoms with Crippen LogP contribution in [0.15, 0.2) is 50.5 Å². The first-order valence-corrected chi connectivity index (χ1v) is 11.2. The van der Waals surface area contributed by atoms with Crippen molar-refractivity contribution < 1.29 is 18.8 Å². The fourth-order valence-corrected chi connectivity index (χ4v) is 3.97. The number of nitrogens with one attached hydrogen (secondary N) is 1. The zero-order chi connectivity index (χ0) is 24.5. The van der Waals surface area contributed by atoms with E-state index in [1.807, 2.05) is 31.2 Å². The second kappa shape index (κ2) is 9.09. The summed E-state index contributed by atoms with van der Waals surface area (Å²) in [6, 6.07) is 10.6. The van der Waals surface area contributed by atoms with E-state index in [-0.39, 0.29) is 37.2 Å². The quantitative estimate of drug-likeness (QED) is 0.428. The zero-order valence-corrected chi connectivity index (χ0v) is 19.2. The van der Waals surface area contributed by atoms with E-state index in [1.54, 1.807) is 13.0 Å². The highest BCUT2D eigenvalue weighted by Gasteiger charge is 2.22. The molecule has 0 unspecified atom stereocenters. The van der Waals surface area contributed by atoms with Crippen LogP contribution in [0, 0.1) is 6.92 Å². The Labute approximate surface area is 198 Å². The van der Waals surface area contributed by atoms with E-state index < -0.39 is 17.2 Å². The highest BCUT2D eigenvalue weighted by atomic mass is 16.7. The molecule has 4 aromatic rings. The Morgan fingerprint density at radius 1 is 1.09 bits per heavy atom. The average molecular weight is 477 g/mol. The fourth-order valence-electron chi connectivity index (χ4n) is 3.97. The van der Waals surface area contributed by atoms with Gasteiger partial charge in [-0.1, -0.05) is 24.2 Å². The molecule has 3 heterocycles. The first kappa shape index (κ1) is 22.4. The second-order valence-corrected chi connectivity index (χ2v) is 8.13. The van der Waals surface area contributed by atoms with Crippen molar-refractivity contribution in [2.45, 2.75) is 39.8 Å². The lowest BCUT2D eigenvalue weighted by atomic mass is 10.1. The van der Waals surface area contributed by atoms with E-state index in [2.05, 4.69) is 15.5 Å². The summed E-state index contributed by atoms with van der Waals surface area (Å²) >= 11 is 0. The molecule has 2 aromatic carbocycles. The highest BCUT2D eigenvalue weighted by Crippen LogP contribution is 2.34. The zero-order valence-electron chi connectivity index (χ0n) is 19.2. The molecule has 0 bridgehead atoms. The number of carbonyl (C=O) groups excluding carboxylic acids is 1. The van der Waals surface area contributed by atoms with Crippen LogP contribution in [0.3, 0.4) is 0 Å². The molecule has 1 N–H and O–H groups in total. The molecular formula is C24H23N5O6. The number of aryl methyl sites for hydroxylation is 3. The van der Waals surface area contributed by atoms with Gasteiger partial charge in [-0.3, -0.25) is 18.7 Å². The summed E-state index contributed by atoms with van der Waals surface area (Å²) in [5, 5.41) is 6.77. The third kappa shape index (κ3) is 4.39. The third-order valence-corrected chi connectivity index (χ3v) is 5.79. The molecule has 0 atom stereocenters. The molecule has 35 heavy (non-hydrogen) atoms. The summed E-state index contributed by atoms with van der Waals surface area (Å²) < 4.78 is 18.3. The summed E-state index contributed by atoms with van der Waals surface area (Å²) in [6.07, 6.45) is 1.07. The molecular weight excluding hydrogens is 454 g/mol. The largest absolute Gasteiger partial charge is 0.454 e. The smallest absolute Gasteiger partial charge is 0.331 e. The number of rotatable bonds is 7. The Bertz CT molecular complexity index is 1530. The van der Waals surface area contributed by atoms with Gasteiger partial charge >= 0.3 is 5.69 Å². The normalized spacial score (nSPS) is 12.3. The Kier molecular flexibility index (Phi) is 5.81. The molecule has 180 valence electrons. The number of benzene rings is 2. The number of fused-ring (bicyclic) bond motifs is 2. The highest BCUT2D eigenvalue weighted by molar-refractivity contribution is 5.92. The standard InChI is InChI=1S/C24H23N5O6/c1-3-15-4-6-16(7-5-15)26-21(30)12-29-18-11-20-19(33-13-34-20)10-17(18)23(31)28(24(29)32)9-8-22-25-14(2)27-35-22/h4-7,10-11H,3,8-9,12-13H2,1-2H3,(H,26,30). The summed E-state index contributed by atoms with van der Waals surface area (Å²) in [7, 11) is 0. The Morgan fingerprint density at radius 2 is 1.83 bits per heavy atom. The van der Waals surface area contributed by atoms with Crippen LogP contribution in [0.4, 0.5) is 5.69 Å². The Hall–Kier alpha value is -4.41. The molecule has 0 fully saturated rings. The Balaban J connectivity index is 1.52. The molecule has 11 nitrogen and oxygen atoms in total. The van der Waals surface area contributed by atoms with Gasteiger partial charge in [-0.05, 0) is 37.1 Å². The summed E-state index contributed by atoms with van der Waals surface area (Å²) in [5.41, 5.74) is 0.901. The minimum Gasteiger partial charge on any atom is -0.454 e. The van der Waals surface area contributed by atoms with Gasteiger partial charge in [-0.15, -0.1) is 0 Å². The predicted octanol–water partition coefficient (Wildman–Crippen LogP) is 2.03. The molecule has 11 heteroatoms. The van der Waals surface area contributed by atoms with Crippen LogP contribution in [-0.4, -0.2) is 32.0 Å². The number of carbonyl (C=O) groups is 1. The van der Waals surface area contributed by atoms with Crippen molar-refractivity contribution in [3.8, 4) is 11.5 Å². The second-order valence-electron chi connectivity index (χ2n) is 8.13. The van der Waals surface area contributed by atoms with Crippen molar-refractivity contribution in [3.63, 3.8) is 0 Å². The van der Waals surface area contributed by atoms with Gasteiger partial charge in [0.05, 0.1) is 10.9 Å². The van der Waals surface area contributed by atoms with Crippen LogP contribution < -0.4 is 26.0 Å². The van der Waals surface area contributed by atoms with Gasteiger partial charge in [-0.2, -0.15) is 4.98 Å². The van der Waals surface area contributed by atoms with Gasteiger partial charge in [0.15, 0.2) is 17.3 Å². The summed E-state index contributed by atoms with van der Waals surface area (Å²) in [5.74, 6) is 1.16. The van der Waals surface area contributed by atoms with Crippen molar-refractivity contribution in [1.29, 1.82) is 0 Å². The van der Waals surface area contributed by atoms with Crippen LogP contribution in [0.5, 0.6) is 11.5 Å². The van der Waals surface area contributed by atoms with Crippen molar-refractivity contribution in [3.05, 3.63) is 74.5 Å². The topological polar surface area (TPSA) is 130 Å². The van der Waals surface area contributed by atoms with E-state index in [1.165, 1.54) is 10.6 Å². The van der Waals surface area contributed by atoms with Gasteiger partial charge in [0.25, 0.3) is 5.56 Å².